The van der Waals surface area contributed by atoms with Crippen molar-refractivity contribution in [1.29, 1.82) is 0 Å². The summed E-state index contributed by atoms with van der Waals surface area (Å²) < 4.78 is 5.50. The number of nitrogens with zero attached hydrogens (tertiary/aromatic N) is 1. The third-order valence-electron chi connectivity index (χ3n) is 2.17. The van der Waals surface area contributed by atoms with Crippen molar-refractivity contribution in [3.05, 3.63) is 30.1 Å². The maximum atomic E-state index is 5.87. The molecule has 1 aromatic heterocycles. The quantitative estimate of drug-likeness (QED) is 0.670. The lowest BCUT2D eigenvalue weighted by molar-refractivity contribution is 0.105. The van der Waals surface area contributed by atoms with Crippen LogP contribution >= 0.6 is 0 Å². The Labute approximate surface area is 71.6 Å². The average Bonchev–Trinajstić information content (AvgIpc) is 2.53. The first-order valence-corrected chi connectivity index (χ1v) is 4.15. The van der Waals surface area contributed by atoms with Gasteiger partial charge in [0, 0.05) is 25.0 Å². The molecule has 1 fully saturated rings. The highest BCUT2D eigenvalue weighted by atomic mass is 16.5. The Kier molecular flexibility index (Phi) is 2.06. The number of ether oxygens (including phenoxy) is 1. The molecule has 12 heavy (non-hydrogen) atoms. The van der Waals surface area contributed by atoms with Crippen molar-refractivity contribution in [2.24, 2.45) is 5.73 Å². The first-order chi connectivity index (χ1) is 5.88. The van der Waals surface area contributed by atoms with Crippen LogP contribution in [0.25, 0.3) is 0 Å². The summed E-state index contributed by atoms with van der Waals surface area (Å²) in [6, 6.07) is 4.05. The van der Waals surface area contributed by atoms with E-state index in [1.165, 1.54) is 0 Å². The maximum absolute atomic E-state index is 5.87. The largest absolute Gasteiger partial charge is 0.372 e. The minimum absolute atomic E-state index is 0.0769. The van der Waals surface area contributed by atoms with Crippen molar-refractivity contribution < 1.29 is 4.74 Å². The highest BCUT2D eigenvalue weighted by Crippen LogP contribution is 2.26. The van der Waals surface area contributed by atoms with E-state index >= 15 is 0 Å². The number of rotatable bonds is 1. The number of aromatic nitrogens is 1. The molecule has 2 N–H and O–H groups in total. The molecule has 0 saturated carbocycles. The fourth-order valence-electron chi connectivity index (χ4n) is 1.50. The molecule has 0 amide bonds. The highest BCUT2D eigenvalue weighted by molar-refractivity contribution is 5.16. The third-order valence-corrected chi connectivity index (χ3v) is 2.17. The molecule has 0 aliphatic carbocycles. The van der Waals surface area contributed by atoms with E-state index in [9.17, 15) is 0 Å². The molecular formula is C9H12N2O. The van der Waals surface area contributed by atoms with Crippen LogP contribution in [-0.4, -0.2) is 17.6 Å². The normalized spacial score (nSPS) is 29.1. The van der Waals surface area contributed by atoms with Gasteiger partial charge in [0.2, 0.25) is 0 Å². The second kappa shape index (κ2) is 3.21. The Morgan fingerprint density at radius 3 is 2.75 bits per heavy atom. The van der Waals surface area contributed by atoms with Crippen molar-refractivity contribution in [3.63, 3.8) is 0 Å². The maximum Gasteiger partial charge on any atom is 0.0977 e. The summed E-state index contributed by atoms with van der Waals surface area (Å²) in [7, 11) is 0. The molecule has 0 aromatic carbocycles. The summed E-state index contributed by atoms with van der Waals surface area (Å²) >= 11 is 0. The number of hydrogen-bond acceptors (Lipinski definition) is 3. The molecule has 1 aliphatic rings. The van der Waals surface area contributed by atoms with Gasteiger partial charge in [0.15, 0.2) is 0 Å². The van der Waals surface area contributed by atoms with Crippen LogP contribution in [0.15, 0.2) is 24.5 Å². The van der Waals surface area contributed by atoms with Gasteiger partial charge in [0.25, 0.3) is 0 Å². The molecule has 1 aromatic rings. The number of pyridine rings is 1. The van der Waals surface area contributed by atoms with E-state index < -0.39 is 0 Å². The smallest absolute Gasteiger partial charge is 0.0977 e. The molecule has 3 heteroatoms. The zero-order chi connectivity index (χ0) is 8.39. The van der Waals surface area contributed by atoms with Gasteiger partial charge in [-0.05, 0) is 24.1 Å². The van der Waals surface area contributed by atoms with E-state index in [-0.39, 0.29) is 12.1 Å². The van der Waals surface area contributed by atoms with Gasteiger partial charge in [-0.3, -0.25) is 4.98 Å². The van der Waals surface area contributed by atoms with Gasteiger partial charge < -0.3 is 10.5 Å². The van der Waals surface area contributed by atoms with Gasteiger partial charge in [-0.1, -0.05) is 0 Å². The Morgan fingerprint density at radius 1 is 1.42 bits per heavy atom. The monoisotopic (exact) mass is 164 g/mol. The Hall–Kier alpha value is -0.930. The Bertz CT molecular complexity index is 250. The molecule has 2 atom stereocenters. The molecular weight excluding hydrogens is 152 g/mol. The van der Waals surface area contributed by atoms with E-state index in [0.29, 0.717) is 0 Å². The predicted octanol–water partition coefficient (Wildman–Crippen LogP) is 0.870. The Balaban J connectivity index is 2.19. The minimum atomic E-state index is 0.0769. The van der Waals surface area contributed by atoms with E-state index in [2.05, 4.69) is 4.98 Å². The topological polar surface area (TPSA) is 48.1 Å². The number of nitrogens with two attached hydrogens (primary N) is 1. The molecule has 64 valence electrons. The van der Waals surface area contributed by atoms with Gasteiger partial charge in [-0.25, -0.2) is 0 Å². The van der Waals surface area contributed by atoms with Gasteiger partial charge >= 0.3 is 0 Å². The summed E-state index contributed by atoms with van der Waals surface area (Å²) in [5.74, 6) is 0. The van der Waals surface area contributed by atoms with Crippen LogP contribution in [0.1, 0.15) is 18.1 Å². The van der Waals surface area contributed by atoms with E-state index in [1.54, 1.807) is 12.4 Å². The fourth-order valence-corrected chi connectivity index (χ4v) is 1.50. The summed E-state index contributed by atoms with van der Waals surface area (Å²) in [5.41, 5.74) is 7.00. The fraction of sp³-hybridized carbons (Fsp3) is 0.444. The van der Waals surface area contributed by atoms with E-state index in [1.807, 2.05) is 12.1 Å². The standard InChI is InChI=1S/C9H12N2O/c10-8-3-6-12-9(8)7-1-4-11-5-2-7/h1-2,4-5,8-9H,3,6,10H2/t8-,9+/m0/s1. The summed E-state index contributed by atoms with van der Waals surface area (Å²) in [5, 5.41) is 0. The lowest BCUT2D eigenvalue weighted by atomic mass is 10.0. The van der Waals surface area contributed by atoms with Crippen LogP contribution in [-0.2, 0) is 4.74 Å². The lowest BCUT2D eigenvalue weighted by Gasteiger charge is -2.13. The van der Waals surface area contributed by atoms with Crippen molar-refractivity contribution in [2.75, 3.05) is 6.61 Å². The second-order valence-electron chi connectivity index (χ2n) is 3.02. The zero-order valence-corrected chi connectivity index (χ0v) is 6.81. The average molecular weight is 164 g/mol. The third kappa shape index (κ3) is 1.33. The SMILES string of the molecule is N[C@H]1CCO[C@@H]1c1ccncc1. The lowest BCUT2D eigenvalue weighted by Crippen LogP contribution is -2.23. The van der Waals surface area contributed by atoms with Gasteiger partial charge in [-0.2, -0.15) is 0 Å². The molecule has 0 spiro atoms. The van der Waals surface area contributed by atoms with Crippen molar-refractivity contribution in [2.45, 2.75) is 18.6 Å². The van der Waals surface area contributed by atoms with Crippen LogP contribution < -0.4 is 5.73 Å². The van der Waals surface area contributed by atoms with Crippen molar-refractivity contribution in [1.82, 2.24) is 4.98 Å². The molecule has 2 heterocycles. The van der Waals surface area contributed by atoms with Crippen molar-refractivity contribution in [3.8, 4) is 0 Å². The molecule has 0 unspecified atom stereocenters. The molecule has 0 radical (unpaired) electrons. The van der Waals surface area contributed by atoms with Crippen LogP contribution in [0.4, 0.5) is 0 Å². The highest BCUT2D eigenvalue weighted by Gasteiger charge is 2.25. The van der Waals surface area contributed by atoms with Crippen LogP contribution in [0, 0.1) is 0 Å². The summed E-state index contributed by atoms with van der Waals surface area (Å²) in [6.07, 6.45) is 4.56. The minimum Gasteiger partial charge on any atom is -0.372 e. The second-order valence-corrected chi connectivity index (χ2v) is 3.02. The first-order valence-electron chi connectivity index (χ1n) is 4.15. The van der Waals surface area contributed by atoms with E-state index in [4.69, 9.17) is 10.5 Å². The molecule has 1 aliphatic heterocycles. The molecule has 0 bridgehead atoms. The van der Waals surface area contributed by atoms with Crippen LogP contribution in [0.2, 0.25) is 0 Å². The zero-order valence-electron chi connectivity index (χ0n) is 6.81. The molecule has 3 nitrogen and oxygen atoms in total. The van der Waals surface area contributed by atoms with Gasteiger partial charge in [-0.15, -0.1) is 0 Å². The summed E-state index contributed by atoms with van der Waals surface area (Å²) in [6.45, 7) is 0.772. The summed E-state index contributed by atoms with van der Waals surface area (Å²) in [4.78, 5) is 3.95. The molecule has 2 rings (SSSR count). The van der Waals surface area contributed by atoms with Gasteiger partial charge in [0.05, 0.1) is 6.10 Å². The van der Waals surface area contributed by atoms with Crippen molar-refractivity contribution >= 4 is 0 Å². The van der Waals surface area contributed by atoms with Crippen LogP contribution in [0.5, 0.6) is 0 Å². The first kappa shape index (κ1) is 7.71. The van der Waals surface area contributed by atoms with Crippen LogP contribution in [0.3, 0.4) is 0 Å². The number of hydrogen-bond donors (Lipinski definition) is 1. The van der Waals surface area contributed by atoms with Gasteiger partial charge in [0.1, 0.15) is 0 Å². The van der Waals surface area contributed by atoms with E-state index in [0.717, 1.165) is 18.6 Å². The Morgan fingerprint density at radius 2 is 2.17 bits per heavy atom. The molecule has 1 saturated heterocycles. The predicted molar refractivity (Wildman–Crippen MR) is 45.5 cm³/mol.